The molecule has 0 N–H and O–H groups in total. The van der Waals surface area contributed by atoms with Gasteiger partial charge in [-0.3, -0.25) is 0 Å². The van der Waals surface area contributed by atoms with Gasteiger partial charge in [0.05, 0.1) is 0 Å². The number of furan rings is 1. The molecule has 0 saturated heterocycles. The van der Waals surface area contributed by atoms with E-state index >= 15 is 0 Å². The van der Waals surface area contributed by atoms with Gasteiger partial charge >= 0.3 is 0 Å². The molecule has 0 aliphatic heterocycles. The molecule has 1 heterocycles. The summed E-state index contributed by atoms with van der Waals surface area (Å²) in [6.45, 7) is 0. The van der Waals surface area contributed by atoms with Crippen LogP contribution in [0.3, 0.4) is 0 Å². The summed E-state index contributed by atoms with van der Waals surface area (Å²) in [5.41, 5.74) is 6.70. The van der Waals surface area contributed by atoms with Gasteiger partial charge in [-0.2, -0.15) is 0 Å². The number of benzene rings is 11. The summed E-state index contributed by atoms with van der Waals surface area (Å²) in [4.78, 5) is 0. The Hall–Kier alpha value is -6.96. The van der Waals surface area contributed by atoms with Crippen molar-refractivity contribution in [1.29, 1.82) is 0 Å². The van der Waals surface area contributed by atoms with Gasteiger partial charge in [-0.1, -0.05) is 152 Å². The highest BCUT2D eigenvalue weighted by atomic mass is 16.3. The van der Waals surface area contributed by atoms with Crippen molar-refractivity contribution in [2.24, 2.45) is 0 Å². The molecule has 0 saturated carbocycles. The zero-order valence-corrected chi connectivity index (χ0v) is 28.7. The third kappa shape index (κ3) is 4.08. The van der Waals surface area contributed by atoms with Crippen molar-refractivity contribution < 1.29 is 4.42 Å². The maximum absolute atomic E-state index is 6.35. The topological polar surface area (TPSA) is 13.1 Å². The minimum atomic E-state index is 0.914. The lowest BCUT2D eigenvalue weighted by atomic mass is 9.85. The van der Waals surface area contributed by atoms with Crippen molar-refractivity contribution in [3.63, 3.8) is 0 Å². The number of hydrogen-bond acceptors (Lipinski definition) is 1. The molecule has 12 rings (SSSR count). The van der Waals surface area contributed by atoms with Gasteiger partial charge in [0.15, 0.2) is 0 Å². The second-order valence-electron chi connectivity index (χ2n) is 14.4. The molecule has 0 spiro atoms. The first-order chi connectivity index (χ1) is 26.3. The molecule has 0 bridgehead atoms. The van der Waals surface area contributed by atoms with Crippen LogP contribution in [0.2, 0.25) is 0 Å². The largest absolute Gasteiger partial charge is 0.456 e. The molecule has 1 aromatic heterocycles. The molecular formula is C52H30O. The maximum Gasteiger partial charge on any atom is 0.136 e. The molecule has 0 amide bonds. The molecule has 0 unspecified atom stereocenters. The third-order valence-corrected chi connectivity index (χ3v) is 11.6. The van der Waals surface area contributed by atoms with Crippen LogP contribution in [0.25, 0.3) is 120 Å². The van der Waals surface area contributed by atoms with Crippen LogP contribution in [-0.2, 0) is 0 Å². The van der Waals surface area contributed by atoms with E-state index in [4.69, 9.17) is 4.42 Å². The van der Waals surface area contributed by atoms with Crippen molar-refractivity contribution in [3.05, 3.63) is 182 Å². The molecule has 12 aromatic rings. The van der Waals surface area contributed by atoms with Crippen LogP contribution >= 0.6 is 0 Å². The third-order valence-electron chi connectivity index (χ3n) is 11.6. The Morgan fingerprint density at radius 2 is 0.660 bits per heavy atom. The van der Waals surface area contributed by atoms with Gasteiger partial charge < -0.3 is 4.42 Å². The molecule has 0 aliphatic rings. The van der Waals surface area contributed by atoms with Gasteiger partial charge in [0.25, 0.3) is 0 Å². The average Bonchev–Trinajstić information content (AvgIpc) is 3.58. The van der Waals surface area contributed by atoms with Crippen molar-refractivity contribution >= 4 is 97.3 Å². The van der Waals surface area contributed by atoms with E-state index in [1.165, 1.54) is 97.7 Å². The summed E-state index contributed by atoms with van der Waals surface area (Å²) in [6, 6.07) is 66.9. The second kappa shape index (κ2) is 10.8. The van der Waals surface area contributed by atoms with Crippen LogP contribution < -0.4 is 0 Å². The smallest absolute Gasteiger partial charge is 0.136 e. The second-order valence-corrected chi connectivity index (χ2v) is 14.4. The molecular weight excluding hydrogens is 641 g/mol. The van der Waals surface area contributed by atoms with E-state index in [1.807, 2.05) is 0 Å². The van der Waals surface area contributed by atoms with E-state index in [0.29, 0.717) is 0 Å². The highest BCUT2D eigenvalue weighted by Gasteiger charge is 2.18. The van der Waals surface area contributed by atoms with Gasteiger partial charge in [-0.15, -0.1) is 0 Å². The Kier molecular flexibility index (Phi) is 5.84. The summed E-state index contributed by atoms with van der Waals surface area (Å²) in [5, 5.41) is 20.2. The molecule has 11 aromatic carbocycles. The Bertz CT molecular complexity index is 3510. The van der Waals surface area contributed by atoms with E-state index in [0.717, 1.165) is 21.9 Å². The Balaban J connectivity index is 1.09. The normalized spacial score (nSPS) is 12.2. The lowest BCUT2D eigenvalue weighted by Crippen LogP contribution is -1.90. The molecule has 1 nitrogen and oxygen atoms in total. The lowest BCUT2D eigenvalue weighted by Gasteiger charge is -2.17. The van der Waals surface area contributed by atoms with Gasteiger partial charge in [0.2, 0.25) is 0 Å². The molecule has 0 radical (unpaired) electrons. The predicted molar refractivity (Wildman–Crippen MR) is 227 cm³/mol. The van der Waals surface area contributed by atoms with E-state index in [1.54, 1.807) is 0 Å². The highest BCUT2D eigenvalue weighted by molar-refractivity contribution is 6.39. The fraction of sp³-hybridized carbons (Fsp3) is 0. The Morgan fingerprint density at radius 3 is 1.25 bits per heavy atom. The van der Waals surface area contributed by atoms with Crippen LogP contribution in [0.4, 0.5) is 0 Å². The van der Waals surface area contributed by atoms with E-state index in [-0.39, 0.29) is 0 Å². The van der Waals surface area contributed by atoms with Crippen molar-refractivity contribution in [2.75, 3.05) is 0 Å². The van der Waals surface area contributed by atoms with Crippen LogP contribution in [-0.4, -0.2) is 0 Å². The summed E-state index contributed by atoms with van der Waals surface area (Å²) < 4.78 is 6.35. The van der Waals surface area contributed by atoms with Crippen LogP contribution in [0.5, 0.6) is 0 Å². The minimum Gasteiger partial charge on any atom is -0.456 e. The number of hydrogen-bond donors (Lipinski definition) is 0. The SMILES string of the molecule is c1ccc2cc3c(cc2c1)oc1ccc(-c2ccc(-c4ccc5c(c4)c4ccccc4c4c6ccccc6c6ccccc6c54)c4ccccc24)cc13. The number of rotatable bonds is 2. The van der Waals surface area contributed by atoms with E-state index in [2.05, 4.69) is 182 Å². The molecule has 0 atom stereocenters. The summed E-state index contributed by atoms with van der Waals surface area (Å²) in [5.74, 6) is 0. The Morgan fingerprint density at radius 1 is 0.245 bits per heavy atom. The van der Waals surface area contributed by atoms with E-state index < -0.39 is 0 Å². The van der Waals surface area contributed by atoms with Crippen molar-refractivity contribution in [2.45, 2.75) is 0 Å². The van der Waals surface area contributed by atoms with Crippen LogP contribution in [0, 0.1) is 0 Å². The molecule has 53 heavy (non-hydrogen) atoms. The maximum atomic E-state index is 6.35. The molecule has 0 aliphatic carbocycles. The lowest BCUT2D eigenvalue weighted by molar-refractivity contribution is 0.669. The van der Waals surface area contributed by atoms with Gasteiger partial charge in [-0.25, -0.2) is 0 Å². The Labute approximate surface area is 304 Å². The zero-order valence-electron chi connectivity index (χ0n) is 28.7. The first-order valence-corrected chi connectivity index (χ1v) is 18.3. The molecule has 0 fully saturated rings. The minimum absolute atomic E-state index is 0.914. The average molecular weight is 671 g/mol. The highest BCUT2D eigenvalue weighted by Crippen LogP contribution is 2.46. The van der Waals surface area contributed by atoms with Crippen molar-refractivity contribution in [1.82, 2.24) is 0 Å². The van der Waals surface area contributed by atoms with Gasteiger partial charge in [0, 0.05) is 10.8 Å². The standard InChI is InChI=1S/C52H30O/c1-2-12-32-30-50-48(27-31(32)11-1)47-29-34(22-26-49(47)53-50)36-25-24-35(37-13-3-4-14-38(36)37)33-21-23-45-46(28-33)41-17-7-10-20-44(41)51-42-18-8-5-15-39(42)40-16-6-9-19-43(40)52(45)51/h1-30H. The van der Waals surface area contributed by atoms with Crippen LogP contribution in [0.1, 0.15) is 0 Å². The molecule has 244 valence electrons. The first-order valence-electron chi connectivity index (χ1n) is 18.3. The van der Waals surface area contributed by atoms with Crippen molar-refractivity contribution in [3.8, 4) is 22.3 Å². The molecule has 1 heteroatoms. The van der Waals surface area contributed by atoms with Crippen LogP contribution in [0.15, 0.2) is 186 Å². The monoisotopic (exact) mass is 670 g/mol. The van der Waals surface area contributed by atoms with Gasteiger partial charge in [-0.05, 0) is 128 Å². The predicted octanol–water partition coefficient (Wildman–Crippen LogP) is 15.0. The zero-order chi connectivity index (χ0) is 34.6. The summed E-state index contributed by atoms with van der Waals surface area (Å²) in [6.07, 6.45) is 0. The fourth-order valence-electron chi connectivity index (χ4n) is 9.22. The summed E-state index contributed by atoms with van der Waals surface area (Å²) >= 11 is 0. The fourth-order valence-corrected chi connectivity index (χ4v) is 9.22. The number of fused-ring (bicyclic) bond motifs is 16. The van der Waals surface area contributed by atoms with Gasteiger partial charge in [0.1, 0.15) is 11.2 Å². The quantitative estimate of drug-likeness (QED) is 0.167. The van der Waals surface area contributed by atoms with E-state index in [9.17, 15) is 0 Å². The first kappa shape index (κ1) is 28.7. The summed E-state index contributed by atoms with van der Waals surface area (Å²) in [7, 11) is 0.